The zero-order valence-electron chi connectivity index (χ0n) is 12.9. The number of likely N-dealkylation sites (tertiary alicyclic amines) is 1. The number of carbonyl (C=O) groups excluding carboxylic acids is 2. The SMILES string of the molecule is CN(C)C(=O)CN1C(=O)CO[C@@H]2CN(Cc3ccoc3)C[C@H]21. The number of hydrogen-bond acceptors (Lipinski definition) is 5. The number of nitrogens with zero attached hydrogens (tertiary/aromatic N) is 3. The van der Waals surface area contributed by atoms with Crippen LogP contribution >= 0.6 is 0 Å². The fourth-order valence-electron chi connectivity index (χ4n) is 3.00. The highest BCUT2D eigenvalue weighted by atomic mass is 16.5. The maximum atomic E-state index is 12.1. The molecule has 2 fully saturated rings. The Morgan fingerprint density at radius 3 is 2.91 bits per heavy atom. The lowest BCUT2D eigenvalue weighted by molar-refractivity contribution is -0.156. The molecule has 0 N–H and O–H groups in total. The summed E-state index contributed by atoms with van der Waals surface area (Å²) in [4.78, 5) is 29.5. The van der Waals surface area contributed by atoms with E-state index in [-0.39, 0.29) is 37.1 Å². The van der Waals surface area contributed by atoms with Crippen LogP contribution in [0.4, 0.5) is 0 Å². The van der Waals surface area contributed by atoms with Crippen molar-refractivity contribution in [2.45, 2.75) is 18.7 Å². The quantitative estimate of drug-likeness (QED) is 0.769. The standard InChI is InChI=1S/C15H21N3O4/c1-16(2)14(19)8-18-12-6-17(5-11-3-4-21-9-11)7-13(12)22-10-15(18)20/h3-4,9,12-13H,5-8,10H2,1-2H3/t12-,13-/m1/s1. The summed E-state index contributed by atoms with van der Waals surface area (Å²) in [7, 11) is 3.40. The molecule has 1 aromatic heterocycles. The average molecular weight is 307 g/mol. The van der Waals surface area contributed by atoms with Gasteiger partial charge in [0.25, 0.3) is 0 Å². The van der Waals surface area contributed by atoms with E-state index in [9.17, 15) is 9.59 Å². The number of fused-ring (bicyclic) bond motifs is 1. The molecule has 0 unspecified atom stereocenters. The summed E-state index contributed by atoms with van der Waals surface area (Å²) in [5.41, 5.74) is 1.10. The van der Waals surface area contributed by atoms with E-state index in [4.69, 9.17) is 9.15 Å². The minimum Gasteiger partial charge on any atom is -0.472 e. The highest BCUT2D eigenvalue weighted by Gasteiger charge is 2.43. The van der Waals surface area contributed by atoms with E-state index in [0.717, 1.165) is 18.7 Å². The van der Waals surface area contributed by atoms with Gasteiger partial charge in [-0.15, -0.1) is 0 Å². The summed E-state index contributed by atoms with van der Waals surface area (Å²) in [5, 5.41) is 0. The van der Waals surface area contributed by atoms with Crippen molar-refractivity contribution in [1.29, 1.82) is 0 Å². The Labute approximate surface area is 129 Å². The molecule has 1 aromatic rings. The normalized spacial score (nSPS) is 25.4. The molecule has 0 radical (unpaired) electrons. The van der Waals surface area contributed by atoms with E-state index >= 15 is 0 Å². The number of ether oxygens (including phenoxy) is 1. The Bertz CT molecular complexity index is 543. The molecule has 120 valence electrons. The Balaban J connectivity index is 1.67. The van der Waals surface area contributed by atoms with Crippen LogP contribution in [-0.4, -0.2) is 79.0 Å². The number of hydrogen-bond donors (Lipinski definition) is 0. The first-order valence-electron chi connectivity index (χ1n) is 7.39. The fourth-order valence-corrected chi connectivity index (χ4v) is 3.00. The molecule has 0 bridgehead atoms. The van der Waals surface area contributed by atoms with Gasteiger partial charge in [-0.1, -0.05) is 0 Å². The van der Waals surface area contributed by atoms with Crippen LogP contribution in [0.25, 0.3) is 0 Å². The topological polar surface area (TPSA) is 66.2 Å². The molecule has 0 aliphatic carbocycles. The minimum absolute atomic E-state index is 0.0282. The van der Waals surface area contributed by atoms with Gasteiger partial charge in [0.1, 0.15) is 13.2 Å². The Kier molecular flexibility index (Phi) is 4.17. The highest BCUT2D eigenvalue weighted by Crippen LogP contribution is 2.25. The molecule has 3 heterocycles. The predicted octanol–water partition coefficient (Wildman–Crippen LogP) is -0.221. The van der Waals surface area contributed by atoms with Gasteiger partial charge in [-0.3, -0.25) is 14.5 Å². The summed E-state index contributed by atoms with van der Waals surface area (Å²) >= 11 is 0. The van der Waals surface area contributed by atoms with Crippen LogP contribution in [0.3, 0.4) is 0 Å². The third-order valence-electron chi connectivity index (χ3n) is 4.24. The van der Waals surface area contributed by atoms with Crippen molar-refractivity contribution in [3.8, 4) is 0 Å². The zero-order chi connectivity index (χ0) is 15.7. The predicted molar refractivity (Wildman–Crippen MR) is 77.9 cm³/mol. The van der Waals surface area contributed by atoms with Gasteiger partial charge < -0.3 is 19.0 Å². The number of carbonyl (C=O) groups is 2. The molecule has 2 atom stereocenters. The molecule has 3 rings (SSSR count). The van der Waals surface area contributed by atoms with Gasteiger partial charge in [-0.2, -0.15) is 0 Å². The second-order valence-corrected chi connectivity index (χ2v) is 6.05. The lowest BCUT2D eigenvalue weighted by Crippen LogP contribution is -2.56. The van der Waals surface area contributed by atoms with Gasteiger partial charge in [-0.25, -0.2) is 0 Å². The van der Waals surface area contributed by atoms with Crippen LogP contribution < -0.4 is 0 Å². The highest BCUT2D eigenvalue weighted by molar-refractivity contribution is 5.86. The van der Waals surface area contributed by atoms with Crippen LogP contribution in [0.5, 0.6) is 0 Å². The zero-order valence-corrected chi connectivity index (χ0v) is 12.9. The molecular formula is C15H21N3O4. The van der Waals surface area contributed by atoms with Crippen molar-refractivity contribution in [3.05, 3.63) is 24.2 Å². The van der Waals surface area contributed by atoms with Crippen molar-refractivity contribution in [2.24, 2.45) is 0 Å². The first kappa shape index (κ1) is 15.1. The Morgan fingerprint density at radius 2 is 2.23 bits per heavy atom. The molecule has 2 aliphatic rings. The van der Waals surface area contributed by atoms with Crippen molar-refractivity contribution in [3.63, 3.8) is 0 Å². The van der Waals surface area contributed by atoms with Crippen LogP contribution in [0.15, 0.2) is 23.0 Å². The lowest BCUT2D eigenvalue weighted by Gasteiger charge is -2.36. The number of morpholine rings is 1. The largest absolute Gasteiger partial charge is 0.472 e. The molecule has 2 aliphatic heterocycles. The van der Waals surface area contributed by atoms with Crippen LogP contribution in [0, 0.1) is 0 Å². The summed E-state index contributed by atoms with van der Waals surface area (Å²) in [6.07, 6.45) is 3.35. The summed E-state index contributed by atoms with van der Waals surface area (Å²) in [6.45, 7) is 2.41. The van der Waals surface area contributed by atoms with Crippen LogP contribution in [0.2, 0.25) is 0 Å². The molecule has 0 aromatic carbocycles. The first-order valence-corrected chi connectivity index (χ1v) is 7.39. The van der Waals surface area contributed by atoms with Crippen LogP contribution in [0.1, 0.15) is 5.56 Å². The smallest absolute Gasteiger partial charge is 0.249 e. The molecule has 0 spiro atoms. The summed E-state index contributed by atoms with van der Waals surface area (Å²) in [6, 6.07) is 1.87. The summed E-state index contributed by atoms with van der Waals surface area (Å²) in [5.74, 6) is -0.177. The maximum absolute atomic E-state index is 12.1. The number of amides is 2. The maximum Gasteiger partial charge on any atom is 0.249 e. The van der Waals surface area contributed by atoms with Crippen LogP contribution in [-0.2, 0) is 20.9 Å². The van der Waals surface area contributed by atoms with Crippen molar-refractivity contribution in [2.75, 3.05) is 40.3 Å². The van der Waals surface area contributed by atoms with Crippen molar-refractivity contribution in [1.82, 2.24) is 14.7 Å². The summed E-state index contributed by atoms with van der Waals surface area (Å²) < 4.78 is 10.7. The lowest BCUT2D eigenvalue weighted by atomic mass is 10.1. The third-order valence-corrected chi connectivity index (χ3v) is 4.24. The minimum atomic E-state index is -0.110. The van der Waals surface area contributed by atoms with Gasteiger partial charge in [0.05, 0.1) is 24.7 Å². The molecule has 0 saturated carbocycles. The van der Waals surface area contributed by atoms with Crippen molar-refractivity contribution < 1.29 is 18.7 Å². The first-order chi connectivity index (χ1) is 10.5. The molecular weight excluding hydrogens is 286 g/mol. The van der Waals surface area contributed by atoms with Gasteiger partial charge >= 0.3 is 0 Å². The second kappa shape index (κ2) is 6.10. The third kappa shape index (κ3) is 3.00. The van der Waals surface area contributed by atoms with Gasteiger partial charge in [0.15, 0.2) is 0 Å². The Morgan fingerprint density at radius 1 is 1.41 bits per heavy atom. The van der Waals surface area contributed by atoms with Gasteiger partial charge in [0.2, 0.25) is 11.8 Å². The number of likely N-dealkylation sites (N-methyl/N-ethyl adjacent to an activating group) is 1. The monoisotopic (exact) mass is 307 g/mol. The molecule has 7 heteroatoms. The molecule has 7 nitrogen and oxygen atoms in total. The average Bonchev–Trinajstić information content (AvgIpc) is 3.11. The fraction of sp³-hybridized carbons (Fsp3) is 0.600. The van der Waals surface area contributed by atoms with Gasteiger partial charge in [-0.05, 0) is 6.07 Å². The van der Waals surface area contributed by atoms with E-state index in [1.807, 2.05) is 6.07 Å². The van der Waals surface area contributed by atoms with Gasteiger partial charge in [0, 0.05) is 39.3 Å². The molecule has 2 saturated heterocycles. The van der Waals surface area contributed by atoms with E-state index in [1.165, 1.54) is 4.90 Å². The number of furan rings is 1. The molecule has 2 amide bonds. The molecule has 22 heavy (non-hydrogen) atoms. The van der Waals surface area contributed by atoms with E-state index in [0.29, 0.717) is 6.54 Å². The number of rotatable bonds is 4. The van der Waals surface area contributed by atoms with Crippen molar-refractivity contribution >= 4 is 11.8 Å². The van der Waals surface area contributed by atoms with E-state index in [1.54, 1.807) is 31.5 Å². The van der Waals surface area contributed by atoms with E-state index in [2.05, 4.69) is 4.90 Å². The Hall–Kier alpha value is -1.86. The second-order valence-electron chi connectivity index (χ2n) is 6.05. The van der Waals surface area contributed by atoms with E-state index < -0.39 is 0 Å².